The Morgan fingerprint density at radius 2 is 2.03 bits per heavy atom. The van der Waals surface area contributed by atoms with Crippen LogP contribution >= 0.6 is 0 Å². The van der Waals surface area contributed by atoms with Gasteiger partial charge in [-0.15, -0.1) is 0 Å². The normalized spacial score (nSPS) is 16.7. The summed E-state index contributed by atoms with van der Waals surface area (Å²) < 4.78 is 34.4. The van der Waals surface area contributed by atoms with Crippen molar-refractivity contribution in [2.75, 3.05) is 26.0 Å². The second kappa shape index (κ2) is 9.84. The minimum absolute atomic E-state index is 0.0590. The van der Waals surface area contributed by atoms with Crippen LogP contribution < -0.4 is 4.74 Å². The van der Waals surface area contributed by atoms with E-state index in [4.69, 9.17) is 9.47 Å². The average Bonchev–Trinajstić information content (AvgIpc) is 3.19. The number of carbonyl (C=O) groups is 1. The van der Waals surface area contributed by atoms with Crippen LogP contribution in [0.15, 0.2) is 53.7 Å². The summed E-state index contributed by atoms with van der Waals surface area (Å²) in [6.07, 6.45) is 6.60. The molecule has 2 heterocycles. The number of ether oxygens (including phenoxy) is 2. The molecule has 1 unspecified atom stereocenters. The first-order chi connectivity index (χ1) is 13.9. The highest BCUT2D eigenvalue weighted by atomic mass is 32.2. The largest absolute Gasteiger partial charge is 0.494 e. The van der Waals surface area contributed by atoms with Crippen molar-refractivity contribution in [1.29, 1.82) is 0 Å². The molecule has 0 saturated carbocycles. The topological polar surface area (TPSA) is 85.8 Å². The summed E-state index contributed by atoms with van der Waals surface area (Å²) in [7, 11) is -3.21. The molecule has 1 saturated heterocycles. The Bertz CT molecular complexity index is 900. The first kappa shape index (κ1) is 21.3. The molecule has 2 aromatic rings. The van der Waals surface area contributed by atoms with Crippen LogP contribution in [0.1, 0.15) is 24.8 Å². The molecule has 1 fully saturated rings. The molecule has 0 radical (unpaired) electrons. The second-order valence-electron chi connectivity index (χ2n) is 7.12. The monoisotopic (exact) mass is 418 g/mol. The van der Waals surface area contributed by atoms with Crippen LogP contribution in [-0.4, -0.2) is 56.3 Å². The smallest absolute Gasteiger partial charge is 0.222 e. The van der Waals surface area contributed by atoms with E-state index < -0.39 is 9.84 Å². The number of sulfone groups is 1. The fraction of sp³-hybridized carbons (Fsp3) is 0.429. The summed E-state index contributed by atoms with van der Waals surface area (Å²) in [5, 5.41) is 0. The van der Waals surface area contributed by atoms with E-state index in [0.29, 0.717) is 44.9 Å². The van der Waals surface area contributed by atoms with Gasteiger partial charge in [0.1, 0.15) is 5.75 Å². The van der Waals surface area contributed by atoms with Crippen molar-refractivity contribution in [2.45, 2.75) is 36.9 Å². The van der Waals surface area contributed by atoms with Gasteiger partial charge < -0.3 is 14.4 Å². The molecule has 1 aromatic carbocycles. The van der Waals surface area contributed by atoms with E-state index in [9.17, 15) is 13.2 Å². The summed E-state index contributed by atoms with van der Waals surface area (Å²) in [5.41, 5.74) is 1.03. The third-order valence-corrected chi connectivity index (χ3v) is 5.89. The molecular formula is C21H26N2O5S. The summed E-state index contributed by atoms with van der Waals surface area (Å²) in [5.74, 6) is 0.698. The van der Waals surface area contributed by atoms with Gasteiger partial charge in [-0.05, 0) is 48.7 Å². The Morgan fingerprint density at radius 1 is 1.24 bits per heavy atom. The summed E-state index contributed by atoms with van der Waals surface area (Å²) >= 11 is 0. The molecule has 1 aliphatic rings. The molecule has 7 nitrogen and oxygen atoms in total. The summed E-state index contributed by atoms with van der Waals surface area (Å²) in [6.45, 7) is 2.24. The van der Waals surface area contributed by atoms with E-state index in [1.165, 1.54) is 18.4 Å². The quantitative estimate of drug-likeness (QED) is 0.582. The van der Waals surface area contributed by atoms with Gasteiger partial charge in [-0.2, -0.15) is 0 Å². The number of aromatic nitrogens is 1. The molecule has 1 aliphatic heterocycles. The minimum atomic E-state index is -3.21. The van der Waals surface area contributed by atoms with Crippen molar-refractivity contribution in [2.24, 2.45) is 0 Å². The maximum absolute atomic E-state index is 12.4. The molecule has 0 N–H and O–H groups in total. The van der Waals surface area contributed by atoms with E-state index in [-0.39, 0.29) is 16.9 Å². The van der Waals surface area contributed by atoms with Crippen LogP contribution in [0.2, 0.25) is 0 Å². The zero-order chi connectivity index (χ0) is 20.7. The van der Waals surface area contributed by atoms with E-state index in [2.05, 4.69) is 4.98 Å². The molecule has 3 rings (SSSR count). The highest BCUT2D eigenvalue weighted by molar-refractivity contribution is 7.90. The van der Waals surface area contributed by atoms with Crippen LogP contribution in [0.5, 0.6) is 5.75 Å². The maximum atomic E-state index is 12.4. The number of benzene rings is 1. The van der Waals surface area contributed by atoms with Crippen molar-refractivity contribution >= 4 is 15.7 Å². The van der Waals surface area contributed by atoms with E-state index in [1.54, 1.807) is 24.5 Å². The SMILES string of the molecule is CS(=O)(=O)c1ccc(OCCCC(=O)N2CCC(OCc3cccnc3)C2)cc1. The molecular weight excluding hydrogens is 392 g/mol. The van der Waals surface area contributed by atoms with Gasteiger partial charge in [0, 0.05) is 38.2 Å². The predicted molar refractivity (Wildman–Crippen MR) is 108 cm³/mol. The lowest BCUT2D eigenvalue weighted by Crippen LogP contribution is -2.30. The van der Waals surface area contributed by atoms with Crippen molar-refractivity contribution < 1.29 is 22.7 Å². The number of rotatable bonds is 9. The Balaban J connectivity index is 1.33. The molecule has 0 aliphatic carbocycles. The number of amides is 1. The number of hydrogen-bond acceptors (Lipinski definition) is 6. The molecule has 1 atom stereocenters. The molecule has 156 valence electrons. The number of carbonyl (C=O) groups excluding carboxylic acids is 1. The summed E-state index contributed by atoms with van der Waals surface area (Å²) in [4.78, 5) is 18.5. The lowest BCUT2D eigenvalue weighted by molar-refractivity contribution is -0.130. The molecule has 8 heteroatoms. The van der Waals surface area contributed by atoms with Gasteiger partial charge in [0.05, 0.1) is 24.2 Å². The van der Waals surface area contributed by atoms with Crippen LogP contribution in [0.3, 0.4) is 0 Å². The van der Waals surface area contributed by atoms with Crippen molar-refractivity contribution in [3.63, 3.8) is 0 Å². The van der Waals surface area contributed by atoms with Gasteiger partial charge in [0.25, 0.3) is 0 Å². The van der Waals surface area contributed by atoms with Crippen LogP contribution in [-0.2, 0) is 26.0 Å². The third kappa shape index (κ3) is 6.54. The lowest BCUT2D eigenvalue weighted by atomic mass is 10.3. The van der Waals surface area contributed by atoms with Gasteiger partial charge in [-0.1, -0.05) is 6.07 Å². The first-order valence-corrected chi connectivity index (χ1v) is 11.5. The van der Waals surface area contributed by atoms with Crippen LogP contribution in [0, 0.1) is 0 Å². The van der Waals surface area contributed by atoms with Gasteiger partial charge in [0.2, 0.25) is 5.91 Å². The Morgan fingerprint density at radius 3 is 2.72 bits per heavy atom. The Labute approximate surface area is 171 Å². The zero-order valence-electron chi connectivity index (χ0n) is 16.5. The van der Waals surface area contributed by atoms with Crippen LogP contribution in [0.25, 0.3) is 0 Å². The molecule has 1 amide bonds. The van der Waals surface area contributed by atoms with E-state index in [0.717, 1.165) is 12.0 Å². The Kier molecular flexibility index (Phi) is 7.22. The number of nitrogens with zero attached hydrogens (tertiary/aromatic N) is 2. The molecule has 29 heavy (non-hydrogen) atoms. The van der Waals surface area contributed by atoms with E-state index in [1.807, 2.05) is 17.0 Å². The number of likely N-dealkylation sites (tertiary alicyclic amines) is 1. The molecule has 1 aromatic heterocycles. The van der Waals surface area contributed by atoms with Crippen LogP contribution in [0.4, 0.5) is 0 Å². The maximum Gasteiger partial charge on any atom is 0.222 e. The average molecular weight is 419 g/mol. The van der Waals surface area contributed by atoms with Gasteiger partial charge in [-0.3, -0.25) is 9.78 Å². The fourth-order valence-corrected chi connectivity index (χ4v) is 3.77. The van der Waals surface area contributed by atoms with Crippen molar-refractivity contribution in [3.8, 4) is 5.75 Å². The first-order valence-electron chi connectivity index (χ1n) is 9.63. The lowest BCUT2D eigenvalue weighted by Gasteiger charge is -2.17. The predicted octanol–water partition coefficient (Wildman–Crippen LogP) is 2.46. The highest BCUT2D eigenvalue weighted by Crippen LogP contribution is 2.18. The third-order valence-electron chi connectivity index (χ3n) is 4.76. The second-order valence-corrected chi connectivity index (χ2v) is 9.13. The number of hydrogen-bond donors (Lipinski definition) is 0. The molecule has 0 bridgehead atoms. The Hall–Kier alpha value is -2.45. The fourth-order valence-electron chi connectivity index (χ4n) is 3.14. The van der Waals surface area contributed by atoms with Gasteiger partial charge in [-0.25, -0.2) is 8.42 Å². The van der Waals surface area contributed by atoms with Gasteiger partial charge >= 0.3 is 0 Å². The van der Waals surface area contributed by atoms with Crippen molar-refractivity contribution in [3.05, 3.63) is 54.4 Å². The van der Waals surface area contributed by atoms with Crippen molar-refractivity contribution in [1.82, 2.24) is 9.88 Å². The zero-order valence-corrected chi connectivity index (χ0v) is 17.3. The van der Waals surface area contributed by atoms with E-state index >= 15 is 0 Å². The molecule has 0 spiro atoms. The highest BCUT2D eigenvalue weighted by Gasteiger charge is 2.26. The minimum Gasteiger partial charge on any atom is -0.494 e. The summed E-state index contributed by atoms with van der Waals surface area (Å²) in [6, 6.07) is 10.1. The van der Waals surface area contributed by atoms with Gasteiger partial charge in [0.15, 0.2) is 9.84 Å². The standard InChI is InChI=1S/C21H26N2O5S/c1-29(25,26)20-8-6-18(7-9-20)27-13-3-5-21(24)23-12-10-19(15-23)28-16-17-4-2-11-22-14-17/h2,4,6-9,11,14,19H,3,5,10,12-13,15-16H2,1H3. The number of pyridine rings is 1.